The van der Waals surface area contributed by atoms with E-state index in [2.05, 4.69) is 15.9 Å². The predicted octanol–water partition coefficient (Wildman–Crippen LogP) is 1.98. The van der Waals surface area contributed by atoms with Crippen LogP contribution >= 0.6 is 15.9 Å². The van der Waals surface area contributed by atoms with E-state index in [1.54, 1.807) is 4.90 Å². The molecule has 2 saturated heterocycles. The third kappa shape index (κ3) is 2.10. The molecule has 2 aliphatic rings. The maximum absolute atomic E-state index is 12.0. The molecule has 0 saturated carbocycles. The Bertz CT molecular complexity index is 272. The standard InChI is InChI=1S/C11H17BrN2O2/c12-6-2-4-8-14-10(15)9-5-1-3-7-13(9)11(14)16/h9H,1-8H2. The highest BCUT2D eigenvalue weighted by molar-refractivity contribution is 9.09. The molecule has 2 heterocycles. The van der Waals surface area contributed by atoms with E-state index in [0.29, 0.717) is 6.54 Å². The van der Waals surface area contributed by atoms with Crippen LogP contribution in [0.15, 0.2) is 0 Å². The van der Waals surface area contributed by atoms with Gasteiger partial charge in [-0.3, -0.25) is 9.69 Å². The van der Waals surface area contributed by atoms with Crippen molar-refractivity contribution in [2.24, 2.45) is 0 Å². The Morgan fingerprint density at radius 2 is 2.06 bits per heavy atom. The number of amides is 3. The van der Waals surface area contributed by atoms with Crippen LogP contribution in [0.25, 0.3) is 0 Å². The van der Waals surface area contributed by atoms with E-state index < -0.39 is 0 Å². The van der Waals surface area contributed by atoms with Gasteiger partial charge in [0.2, 0.25) is 0 Å². The van der Waals surface area contributed by atoms with Gasteiger partial charge in [0.15, 0.2) is 0 Å². The number of carbonyl (C=O) groups excluding carboxylic acids is 2. The summed E-state index contributed by atoms with van der Waals surface area (Å²) in [6.45, 7) is 1.33. The fraction of sp³-hybridized carbons (Fsp3) is 0.818. The predicted molar refractivity (Wildman–Crippen MR) is 64.5 cm³/mol. The number of carbonyl (C=O) groups is 2. The van der Waals surface area contributed by atoms with Crippen molar-refractivity contribution < 1.29 is 9.59 Å². The minimum absolute atomic E-state index is 0.0271. The Kier molecular flexibility index (Phi) is 3.84. The molecule has 0 N–H and O–H groups in total. The van der Waals surface area contributed by atoms with Crippen LogP contribution in [0.5, 0.6) is 0 Å². The zero-order valence-corrected chi connectivity index (χ0v) is 10.9. The van der Waals surface area contributed by atoms with Gasteiger partial charge in [-0.05, 0) is 32.1 Å². The molecule has 2 rings (SSSR count). The molecule has 90 valence electrons. The average molecular weight is 289 g/mol. The van der Waals surface area contributed by atoms with E-state index in [1.165, 1.54) is 4.90 Å². The first-order chi connectivity index (χ1) is 7.75. The summed E-state index contributed by atoms with van der Waals surface area (Å²) in [4.78, 5) is 27.2. The quantitative estimate of drug-likeness (QED) is 0.451. The summed E-state index contributed by atoms with van der Waals surface area (Å²) in [5, 5.41) is 0.927. The van der Waals surface area contributed by atoms with Crippen LogP contribution in [-0.4, -0.2) is 46.2 Å². The van der Waals surface area contributed by atoms with Crippen molar-refractivity contribution in [2.45, 2.75) is 38.1 Å². The Morgan fingerprint density at radius 3 is 2.75 bits per heavy atom. The van der Waals surface area contributed by atoms with Crippen molar-refractivity contribution in [1.29, 1.82) is 0 Å². The first kappa shape index (κ1) is 11.9. The molecule has 0 bridgehead atoms. The second-order valence-corrected chi connectivity index (χ2v) is 5.17. The lowest BCUT2D eigenvalue weighted by Crippen LogP contribution is -2.39. The summed E-state index contributed by atoms with van der Waals surface area (Å²) in [5.74, 6) is 0.0271. The number of nitrogens with zero attached hydrogens (tertiary/aromatic N) is 2. The zero-order chi connectivity index (χ0) is 11.5. The Balaban J connectivity index is 1.98. The third-order valence-electron chi connectivity index (χ3n) is 3.30. The number of unbranched alkanes of at least 4 members (excludes halogenated alkanes) is 1. The molecule has 4 nitrogen and oxygen atoms in total. The molecule has 2 fully saturated rings. The second kappa shape index (κ2) is 5.17. The molecule has 0 aliphatic carbocycles. The van der Waals surface area contributed by atoms with Gasteiger partial charge in [0.25, 0.3) is 5.91 Å². The molecular weight excluding hydrogens is 272 g/mol. The van der Waals surface area contributed by atoms with Gasteiger partial charge in [0.05, 0.1) is 0 Å². The van der Waals surface area contributed by atoms with Gasteiger partial charge < -0.3 is 4.90 Å². The van der Waals surface area contributed by atoms with E-state index in [9.17, 15) is 9.59 Å². The first-order valence-electron chi connectivity index (χ1n) is 5.93. The van der Waals surface area contributed by atoms with Crippen molar-refractivity contribution in [1.82, 2.24) is 9.80 Å². The van der Waals surface area contributed by atoms with Crippen molar-refractivity contribution in [3.8, 4) is 0 Å². The van der Waals surface area contributed by atoms with Crippen LogP contribution in [0.4, 0.5) is 4.79 Å². The number of piperidine rings is 1. The number of rotatable bonds is 4. The minimum atomic E-state index is -0.148. The van der Waals surface area contributed by atoms with Crippen molar-refractivity contribution in [2.75, 3.05) is 18.4 Å². The summed E-state index contributed by atoms with van der Waals surface area (Å²) in [7, 11) is 0. The van der Waals surface area contributed by atoms with Crippen LogP contribution in [0.3, 0.4) is 0 Å². The first-order valence-corrected chi connectivity index (χ1v) is 7.06. The molecule has 16 heavy (non-hydrogen) atoms. The minimum Gasteiger partial charge on any atom is -0.312 e. The SMILES string of the molecule is O=C1C2CCCCN2C(=O)N1CCCCBr. The lowest BCUT2D eigenvalue weighted by molar-refractivity contribution is -0.128. The van der Waals surface area contributed by atoms with E-state index in [-0.39, 0.29) is 18.0 Å². The van der Waals surface area contributed by atoms with Gasteiger partial charge in [-0.2, -0.15) is 0 Å². The van der Waals surface area contributed by atoms with Crippen molar-refractivity contribution in [3.63, 3.8) is 0 Å². The molecule has 0 spiro atoms. The summed E-state index contributed by atoms with van der Waals surface area (Å²) >= 11 is 3.35. The smallest absolute Gasteiger partial charge is 0.312 e. The molecule has 1 unspecified atom stereocenters. The molecule has 0 aromatic rings. The van der Waals surface area contributed by atoms with Crippen LogP contribution in [-0.2, 0) is 4.79 Å². The molecule has 1 atom stereocenters. The largest absolute Gasteiger partial charge is 0.327 e. The number of imide groups is 1. The summed E-state index contributed by atoms with van der Waals surface area (Å²) in [5.41, 5.74) is 0. The number of urea groups is 1. The Hall–Kier alpha value is -0.580. The van der Waals surface area contributed by atoms with Gasteiger partial charge in [0.1, 0.15) is 6.04 Å². The molecule has 5 heteroatoms. The van der Waals surface area contributed by atoms with Gasteiger partial charge in [0, 0.05) is 18.4 Å². The maximum atomic E-state index is 12.0. The van der Waals surface area contributed by atoms with Gasteiger partial charge in [-0.15, -0.1) is 0 Å². The molecule has 0 aromatic carbocycles. The highest BCUT2D eigenvalue weighted by Gasteiger charge is 2.45. The zero-order valence-electron chi connectivity index (χ0n) is 9.32. The highest BCUT2D eigenvalue weighted by Crippen LogP contribution is 2.26. The number of halogens is 1. The Labute approximate surface area is 104 Å². The van der Waals surface area contributed by atoms with E-state index in [1.807, 2.05) is 0 Å². The second-order valence-electron chi connectivity index (χ2n) is 4.37. The summed E-state index contributed by atoms with van der Waals surface area (Å²) < 4.78 is 0. The van der Waals surface area contributed by atoms with E-state index >= 15 is 0 Å². The lowest BCUT2D eigenvalue weighted by atomic mass is 10.0. The van der Waals surface area contributed by atoms with Crippen molar-refractivity contribution in [3.05, 3.63) is 0 Å². The molecule has 0 radical (unpaired) electrons. The van der Waals surface area contributed by atoms with E-state index in [4.69, 9.17) is 0 Å². The monoisotopic (exact) mass is 288 g/mol. The summed E-state index contributed by atoms with van der Waals surface area (Å²) in [6.07, 6.45) is 4.84. The van der Waals surface area contributed by atoms with Crippen LogP contribution in [0.1, 0.15) is 32.1 Å². The molecule has 0 aromatic heterocycles. The van der Waals surface area contributed by atoms with Gasteiger partial charge >= 0.3 is 6.03 Å². The normalized spacial score (nSPS) is 25.2. The number of hydrogen-bond donors (Lipinski definition) is 0. The Morgan fingerprint density at radius 1 is 1.25 bits per heavy atom. The topological polar surface area (TPSA) is 40.6 Å². The number of fused-ring (bicyclic) bond motifs is 1. The maximum Gasteiger partial charge on any atom is 0.327 e. The van der Waals surface area contributed by atoms with Crippen molar-refractivity contribution >= 4 is 27.9 Å². The number of alkyl halides is 1. The molecule has 3 amide bonds. The van der Waals surface area contributed by atoms with Gasteiger partial charge in [-0.25, -0.2) is 4.79 Å². The van der Waals surface area contributed by atoms with Crippen LogP contribution < -0.4 is 0 Å². The van der Waals surface area contributed by atoms with Gasteiger partial charge in [-0.1, -0.05) is 15.9 Å². The average Bonchev–Trinajstić information content (AvgIpc) is 2.55. The molecule has 2 aliphatic heterocycles. The lowest BCUT2D eigenvalue weighted by Gasteiger charge is -2.26. The number of hydrogen-bond acceptors (Lipinski definition) is 2. The third-order valence-corrected chi connectivity index (χ3v) is 3.86. The van der Waals surface area contributed by atoms with Crippen LogP contribution in [0.2, 0.25) is 0 Å². The summed E-state index contributed by atoms with van der Waals surface area (Å²) in [6, 6.07) is -0.213. The fourth-order valence-corrected chi connectivity index (χ4v) is 2.81. The highest BCUT2D eigenvalue weighted by atomic mass is 79.9. The fourth-order valence-electron chi connectivity index (χ4n) is 2.42. The van der Waals surface area contributed by atoms with E-state index in [0.717, 1.165) is 44.0 Å². The van der Waals surface area contributed by atoms with Crippen LogP contribution in [0, 0.1) is 0 Å². The molecular formula is C11H17BrN2O2.